The lowest BCUT2D eigenvalue weighted by atomic mass is 10.0. The van der Waals surface area contributed by atoms with Gasteiger partial charge in [-0.25, -0.2) is 0 Å². The highest BCUT2D eigenvalue weighted by Gasteiger charge is 2.19. The summed E-state index contributed by atoms with van der Waals surface area (Å²) in [5, 5.41) is 3.98. The Morgan fingerprint density at radius 3 is 2.74 bits per heavy atom. The zero-order valence-corrected chi connectivity index (χ0v) is 12.1. The SMILES string of the molecule is CC[C@H](C)[C@H](N)c1nc(CSc2ccccc2)no1. The van der Waals surface area contributed by atoms with Gasteiger partial charge in [-0.3, -0.25) is 0 Å². The van der Waals surface area contributed by atoms with Crippen molar-refractivity contribution in [3.8, 4) is 0 Å². The van der Waals surface area contributed by atoms with E-state index in [1.54, 1.807) is 11.8 Å². The molecule has 0 bridgehead atoms. The van der Waals surface area contributed by atoms with Crippen molar-refractivity contribution in [1.82, 2.24) is 10.1 Å². The second-order valence-electron chi connectivity index (χ2n) is 4.56. The summed E-state index contributed by atoms with van der Waals surface area (Å²) in [6.07, 6.45) is 0.998. The van der Waals surface area contributed by atoms with E-state index in [1.165, 1.54) is 4.90 Å². The quantitative estimate of drug-likeness (QED) is 0.820. The fourth-order valence-electron chi connectivity index (χ4n) is 1.62. The third-order valence-electron chi connectivity index (χ3n) is 3.14. The summed E-state index contributed by atoms with van der Waals surface area (Å²) >= 11 is 1.69. The molecule has 0 spiro atoms. The molecule has 1 aromatic heterocycles. The van der Waals surface area contributed by atoms with Crippen molar-refractivity contribution in [2.45, 2.75) is 37.0 Å². The van der Waals surface area contributed by atoms with Crippen LogP contribution in [0.2, 0.25) is 0 Å². The molecule has 1 aromatic carbocycles. The van der Waals surface area contributed by atoms with Crippen LogP contribution in [-0.4, -0.2) is 10.1 Å². The van der Waals surface area contributed by atoms with Crippen molar-refractivity contribution in [2.75, 3.05) is 0 Å². The molecule has 102 valence electrons. The van der Waals surface area contributed by atoms with Crippen LogP contribution in [0.15, 0.2) is 39.8 Å². The Morgan fingerprint density at radius 1 is 1.32 bits per heavy atom. The van der Waals surface area contributed by atoms with Gasteiger partial charge in [-0.15, -0.1) is 11.8 Å². The molecule has 0 amide bonds. The zero-order valence-electron chi connectivity index (χ0n) is 11.2. The Bertz CT molecular complexity index is 500. The third-order valence-corrected chi connectivity index (χ3v) is 4.15. The largest absolute Gasteiger partial charge is 0.338 e. The molecular formula is C14H19N3OS. The van der Waals surface area contributed by atoms with Gasteiger partial charge in [-0.2, -0.15) is 4.98 Å². The van der Waals surface area contributed by atoms with Gasteiger partial charge in [0, 0.05) is 4.90 Å². The molecule has 5 heteroatoms. The smallest absolute Gasteiger partial charge is 0.243 e. The van der Waals surface area contributed by atoms with E-state index in [4.69, 9.17) is 10.3 Å². The highest BCUT2D eigenvalue weighted by molar-refractivity contribution is 7.98. The second kappa shape index (κ2) is 6.73. The summed E-state index contributed by atoms with van der Waals surface area (Å²) in [6, 6.07) is 9.99. The highest BCUT2D eigenvalue weighted by atomic mass is 32.2. The lowest BCUT2D eigenvalue weighted by Crippen LogP contribution is -2.18. The van der Waals surface area contributed by atoms with Gasteiger partial charge in [0.25, 0.3) is 0 Å². The fraction of sp³-hybridized carbons (Fsp3) is 0.429. The lowest BCUT2D eigenvalue weighted by Gasteiger charge is -2.12. The molecular weight excluding hydrogens is 258 g/mol. The Hall–Kier alpha value is -1.33. The summed E-state index contributed by atoms with van der Waals surface area (Å²) in [7, 11) is 0. The molecule has 0 aliphatic carbocycles. The Kier molecular flexibility index (Phi) is 4.99. The van der Waals surface area contributed by atoms with E-state index in [0.29, 0.717) is 23.4 Å². The van der Waals surface area contributed by atoms with E-state index in [-0.39, 0.29) is 6.04 Å². The summed E-state index contributed by atoms with van der Waals surface area (Å²) < 4.78 is 5.24. The van der Waals surface area contributed by atoms with Gasteiger partial charge in [-0.05, 0) is 18.1 Å². The van der Waals surface area contributed by atoms with Crippen molar-refractivity contribution in [3.05, 3.63) is 42.0 Å². The van der Waals surface area contributed by atoms with Crippen molar-refractivity contribution in [2.24, 2.45) is 11.7 Å². The number of nitrogens with two attached hydrogens (primary N) is 1. The first-order valence-electron chi connectivity index (χ1n) is 6.46. The second-order valence-corrected chi connectivity index (χ2v) is 5.61. The molecule has 2 atom stereocenters. The third kappa shape index (κ3) is 3.81. The van der Waals surface area contributed by atoms with Crippen molar-refractivity contribution >= 4 is 11.8 Å². The number of nitrogens with zero attached hydrogens (tertiary/aromatic N) is 2. The molecule has 19 heavy (non-hydrogen) atoms. The maximum absolute atomic E-state index is 6.07. The van der Waals surface area contributed by atoms with Gasteiger partial charge in [0.05, 0.1) is 11.8 Å². The highest BCUT2D eigenvalue weighted by Crippen LogP contribution is 2.23. The van der Waals surface area contributed by atoms with Crippen LogP contribution in [-0.2, 0) is 5.75 Å². The molecule has 2 N–H and O–H groups in total. The number of benzene rings is 1. The molecule has 0 saturated heterocycles. The summed E-state index contributed by atoms with van der Waals surface area (Å²) in [6.45, 7) is 4.19. The Morgan fingerprint density at radius 2 is 2.05 bits per heavy atom. The molecule has 2 aromatic rings. The molecule has 0 unspecified atom stereocenters. The van der Waals surface area contributed by atoms with Gasteiger partial charge >= 0.3 is 0 Å². The van der Waals surface area contributed by atoms with E-state index < -0.39 is 0 Å². The monoisotopic (exact) mass is 277 g/mol. The first-order chi connectivity index (χ1) is 9.20. The minimum absolute atomic E-state index is 0.173. The van der Waals surface area contributed by atoms with Gasteiger partial charge in [0.2, 0.25) is 5.89 Å². The van der Waals surface area contributed by atoms with Crippen LogP contribution in [0.25, 0.3) is 0 Å². The predicted octanol–water partition coefficient (Wildman–Crippen LogP) is 3.41. The van der Waals surface area contributed by atoms with E-state index in [1.807, 2.05) is 18.2 Å². The van der Waals surface area contributed by atoms with E-state index in [9.17, 15) is 0 Å². The molecule has 0 fully saturated rings. The van der Waals surface area contributed by atoms with Gasteiger partial charge in [0.15, 0.2) is 5.82 Å². The summed E-state index contributed by atoms with van der Waals surface area (Å²) in [4.78, 5) is 5.57. The van der Waals surface area contributed by atoms with E-state index in [2.05, 4.69) is 36.1 Å². The van der Waals surface area contributed by atoms with Crippen LogP contribution in [0.1, 0.15) is 38.0 Å². The van der Waals surface area contributed by atoms with Crippen LogP contribution in [0.4, 0.5) is 0 Å². The number of thioether (sulfide) groups is 1. The minimum Gasteiger partial charge on any atom is -0.338 e. The maximum Gasteiger partial charge on any atom is 0.243 e. The van der Waals surface area contributed by atoms with Gasteiger partial charge < -0.3 is 10.3 Å². The van der Waals surface area contributed by atoms with E-state index >= 15 is 0 Å². The van der Waals surface area contributed by atoms with Crippen LogP contribution in [0.5, 0.6) is 0 Å². The minimum atomic E-state index is -0.173. The van der Waals surface area contributed by atoms with Gasteiger partial charge in [-0.1, -0.05) is 43.6 Å². The van der Waals surface area contributed by atoms with Crippen LogP contribution >= 0.6 is 11.8 Å². The number of hydrogen-bond donors (Lipinski definition) is 1. The Labute approximate surface area is 117 Å². The zero-order chi connectivity index (χ0) is 13.7. The number of aromatic nitrogens is 2. The fourth-order valence-corrected chi connectivity index (χ4v) is 2.39. The standard InChI is InChI=1S/C14H19N3OS/c1-3-10(2)13(15)14-16-12(17-18-14)9-19-11-7-5-4-6-8-11/h4-8,10,13H,3,9,15H2,1-2H3/t10-,13-/m0/s1. The maximum atomic E-state index is 6.07. The van der Waals surface area contributed by atoms with Crippen molar-refractivity contribution in [3.63, 3.8) is 0 Å². The van der Waals surface area contributed by atoms with Crippen LogP contribution in [0.3, 0.4) is 0 Å². The number of hydrogen-bond acceptors (Lipinski definition) is 5. The topological polar surface area (TPSA) is 64.9 Å². The molecule has 0 aliphatic rings. The molecule has 2 rings (SSSR count). The Balaban J connectivity index is 1.94. The van der Waals surface area contributed by atoms with Crippen molar-refractivity contribution < 1.29 is 4.52 Å². The van der Waals surface area contributed by atoms with Crippen LogP contribution < -0.4 is 5.73 Å². The average Bonchev–Trinajstić information content (AvgIpc) is 2.93. The average molecular weight is 277 g/mol. The first-order valence-corrected chi connectivity index (χ1v) is 7.45. The predicted molar refractivity (Wildman–Crippen MR) is 76.7 cm³/mol. The molecule has 0 aliphatic heterocycles. The number of rotatable bonds is 6. The van der Waals surface area contributed by atoms with Gasteiger partial charge in [0.1, 0.15) is 0 Å². The normalized spacial score (nSPS) is 14.3. The van der Waals surface area contributed by atoms with E-state index in [0.717, 1.165) is 6.42 Å². The van der Waals surface area contributed by atoms with Crippen LogP contribution in [0, 0.1) is 5.92 Å². The summed E-state index contributed by atoms with van der Waals surface area (Å²) in [5.74, 6) is 2.27. The first kappa shape index (κ1) is 14.1. The summed E-state index contributed by atoms with van der Waals surface area (Å²) in [5.41, 5.74) is 6.07. The molecule has 0 saturated carbocycles. The molecule has 1 heterocycles. The molecule has 4 nitrogen and oxygen atoms in total. The van der Waals surface area contributed by atoms with Crippen molar-refractivity contribution in [1.29, 1.82) is 0 Å². The lowest BCUT2D eigenvalue weighted by molar-refractivity contribution is 0.311. The molecule has 0 radical (unpaired) electrons.